The fourth-order valence-corrected chi connectivity index (χ4v) is 1.65. The van der Waals surface area contributed by atoms with Gasteiger partial charge in [0.1, 0.15) is 0 Å². The molecule has 0 bridgehead atoms. The summed E-state index contributed by atoms with van der Waals surface area (Å²) in [4.78, 5) is 21.9. The number of para-hydroxylation sites is 1. The number of carbonyl (C=O) groups is 2. The maximum atomic E-state index is 10.9. The van der Waals surface area contributed by atoms with Gasteiger partial charge in [-0.3, -0.25) is 9.59 Å². The second-order valence-corrected chi connectivity index (χ2v) is 4.42. The fraction of sp³-hybridized carbons (Fsp3) is 0.529. The third-order valence-corrected chi connectivity index (χ3v) is 2.87. The van der Waals surface area contributed by atoms with Gasteiger partial charge in [0.25, 0.3) is 0 Å². The van der Waals surface area contributed by atoms with Gasteiger partial charge in [-0.1, -0.05) is 6.07 Å². The molecule has 0 aliphatic carbocycles. The van der Waals surface area contributed by atoms with E-state index in [-0.39, 0.29) is 13.2 Å². The van der Waals surface area contributed by atoms with Crippen molar-refractivity contribution in [3.8, 4) is 17.2 Å². The van der Waals surface area contributed by atoms with Crippen molar-refractivity contribution in [1.82, 2.24) is 0 Å². The van der Waals surface area contributed by atoms with Crippen LogP contribution in [0.2, 0.25) is 0 Å². The fourth-order valence-electron chi connectivity index (χ4n) is 1.65. The highest BCUT2D eigenvalue weighted by molar-refractivity contribution is 5.94. The lowest BCUT2D eigenvalue weighted by Gasteiger charge is -2.10. The quantitative estimate of drug-likeness (QED) is 0.556. The average molecular weight is 342 g/mol. The minimum atomic E-state index is -0.815. The molecule has 0 saturated heterocycles. The molecule has 7 nitrogen and oxygen atoms in total. The highest BCUT2D eigenvalue weighted by atomic mass is 16.6. The van der Waals surface area contributed by atoms with E-state index < -0.39 is 17.9 Å². The molecule has 136 valence electrons. The lowest BCUT2D eigenvalue weighted by molar-refractivity contribution is -0.160. The van der Waals surface area contributed by atoms with Crippen LogP contribution in [-0.4, -0.2) is 46.5 Å². The number of carbonyl (C=O) groups excluding carboxylic acids is 2. The van der Waals surface area contributed by atoms with Gasteiger partial charge >= 0.3 is 11.9 Å². The molecule has 0 fully saturated rings. The summed E-state index contributed by atoms with van der Waals surface area (Å²) < 4.78 is 24.5. The predicted octanol–water partition coefficient (Wildman–Crippen LogP) is 2.46. The Kier molecular flexibility index (Phi) is 10.8. The van der Waals surface area contributed by atoms with E-state index in [0.717, 1.165) is 0 Å². The van der Waals surface area contributed by atoms with E-state index in [4.69, 9.17) is 14.2 Å². The van der Waals surface area contributed by atoms with Crippen LogP contribution in [0.15, 0.2) is 18.2 Å². The third kappa shape index (κ3) is 6.76. The van der Waals surface area contributed by atoms with Crippen molar-refractivity contribution < 1.29 is 33.3 Å². The summed E-state index contributed by atoms with van der Waals surface area (Å²) in [5.74, 6) is 0.105. The largest absolute Gasteiger partial charge is 0.493 e. The minimum Gasteiger partial charge on any atom is -0.493 e. The topological polar surface area (TPSA) is 80.3 Å². The van der Waals surface area contributed by atoms with E-state index in [2.05, 4.69) is 9.47 Å². The summed E-state index contributed by atoms with van der Waals surface area (Å²) in [5.41, 5.74) is 0. The summed E-state index contributed by atoms with van der Waals surface area (Å²) in [7, 11) is 4.77. The van der Waals surface area contributed by atoms with E-state index in [9.17, 15) is 9.59 Å². The first-order chi connectivity index (χ1) is 11.5. The zero-order chi connectivity index (χ0) is 18.5. The Morgan fingerprint density at radius 2 is 1.29 bits per heavy atom. The minimum absolute atomic E-state index is 0.280. The van der Waals surface area contributed by atoms with Crippen LogP contribution in [-0.2, 0) is 19.1 Å². The van der Waals surface area contributed by atoms with Gasteiger partial charge in [0.2, 0.25) is 5.75 Å². The molecule has 0 amide bonds. The van der Waals surface area contributed by atoms with Crippen LogP contribution in [0.4, 0.5) is 0 Å². The Balaban J connectivity index is 0.000000441. The van der Waals surface area contributed by atoms with Gasteiger partial charge in [0, 0.05) is 0 Å². The van der Waals surface area contributed by atoms with E-state index in [0.29, 0.717) is 17.2 Å². The first-order valence-corrected chi connectivity index (χ1v) is 7.54. The van der Waals surface area contributed by atoms with Gasteiger partial charge in [0.05, 0.1) is 34.5 Å². The molecule has 0 radical (unpaired) electrons. The van der Waals surface area contributed by atoms with Crippen molar-refractivity contribution in [2.45, 2.75) is 20.8 Å². The molecule has 0 aromatic heterocycles. The van der Waals surface area contributed by atoms with Crippen LogP contribution in [0.3, 0.4) is 0 Å². The molecule has 0 aliphatic heterocycles. The number of ether oxygens (including phenoxy) is 5. The molecule has 1 aromatic carbocycles. The van der Waals surface area contributed by atoms with Gasteiger partial charge in [0.15, 0.2) is 17.4 Å². The Bertz CT molecular complexity index is 473. The predicted molar refractivity (Wildman–Crippen MR) is 88.5 cm³/mol. The van der Waals surface area contributed by atoms with Crippen molar-refractivity contribution in [3.05, 3.63) is 18.2 Å². The van der Waals surface area contributed by atoms with Crippen molar-refractivity contribution in [2.24, 2.45) is 5.92 Å². The third-order valence-electron chi connectivity index (χ3n) is 2.87. The summed E-state index contributed by atoms with van der Waals surface area (Å²) in [6, 6.07) is 5.49. The van der Waals surface area contributed by atoms with Crippen LogP contribution in [0.5, 0.6) is 17.2 Å². The number of esters is 2. The molecule has 1 aromatic rings. The smallest absolute Gasteiger partial charge is 0.320 e. The van der Waals surface area contributed by atoms with E-state index in [1.54, 1.807) is 35.2 Å². The molecule has 0 saturated carbocycles. The van der Waals surface area contributed by atoms with Crippen molar-refractivity contribution in [1.29, 1.82) is 0 Å². The van der Waals surface area contributed by atoms with E-state index in [1.165, 1.54) is 6.92 Å². The molecule has 0 atom stereocenters. The van der Waals surface area contributed by atoms with E-state index in [1.807, 2.05) is 18.2 Å². The van der Waals surface area contributed by atoms with Crippen LogP contribution in [0, 0.1) is 5.92 Å². The number of hydrogen-bond acceptors (Lipinski definition) is 7. The second-order valence-electron chi connectivity index (χ2n) is 4.42. The summed E-state index contributed by atoms with van der Waals surface area (Å²) in [6.45, 7) is 5.41. The zero-order valence-corrected chi connectivity index (χ0v) is 15.1. The Morgan fingerprint density at radius 3 is 1.58 bits per heavy atom. The molecular weight excluding hydrogens is 316 g/mol. The highest BCUT2D eigenvalue weighted by Crippen LogP contribution is 2.35. The van der Waals surface area contributed by atoms with Crippen LogP contribution < -0.4 is 14.2 Å². The maximum Gasteiger partial charge on any atom is 0.320 e. The molecule has 0 heterocycles. The first kappa shape index (κ1) is 21.6. The highest BCUT2D eigenvalue weighted by Gasteiger charge is 2.23. The van der Waals surface area contributed by atoms with Crippen molar-refractivity contribution >= 4 is 11.9 Å². The molecule has 24 heavy (non-hydrogen) atoms. The molecule has 0 unspecified atom stereocenters. The zero-order valence-electron chi connectivity index (χ0n) is 15.1. The monoisotopic (exact) mass is 342 g/mol. The lowest BCUT2D eigenvalue weighted by atomic mass is 10.2. The van der Waals surface area contributed by atoms with Gasteiger partial charge in [-0.05, 0) is 32.9 Å². The molecule has 0 aliphatic rings. The van der Waals surface area contributed by atoms with Crippen LogP contribution in [0.1, 0.15) is 20.8 Å². The molecule has 0 N–H and O–H groups in total. The number of hydrogen-bond donors (Lipinski definition) is 0. The Labute approximate surface area is 142 Å². The normalized spacial score (nSPS) is 9.46. The Morgan fingerprint density at radius 1 is 0.875 bits per heavy atom. The van der Waals surface area contributed by atoms with Gasteiger partial charge in [-0.2, -0.15) is 0 Å². The van der Waals surface area contributed by atoms with Gasteiger partial charge in [-0.25, -0.2) is 0 Å². The molecule has 0 spiro atoms. The van der Waals surface area contributed by atoms with Gasteiger partial charge < -0.3 is 23.7 Å². The van der Waals surface area contributed by atoms with Crippen LogP contribution >= 0.6 is 0 Å². The lowest BCUT2D eigenvalue weighted by Crippen LogP contribution is -2.25. The summed E-state index contributed by atoms with van der Waals surface area (Å²) in [5, 5.41) is 0. The van der Waals surface area contributed by atoms with Crippen molar-refractivity contribution in [3.63, 3.8) is 0 Å². The van der Waals surface area contributed by atoms with Crippen LogP contribution in [0.25, 0.3) is 0 Å². The standard InChI is InChI=1S/C9H12O3.C8H14O4/c1-10-7-5-4-6-8(11-2)9(7)12-3;1-4-11-7(9)6(3)8(10)12-5-2/h4-6H,1-3H3;6H,4-5H2,1-3H3. The number of rotatable bonds is 7. The molecule has 7 heteroatoms. The average Bonchev–Trinajstić information content (AvgIpc) is 2.60. The number of methoxy groups -OCH3 is 3. The van der Waals surface area contributed by atoms with E-state index >= 15 is 0 Å². The van der Waals surface area contributed by atoms with Gasteiger partial charge in [-0.15, -0.1) is 0 Å². The first-order valence-electron chi connectivity index (χ1n) is 7.54. The maximum absolute atomic E-state index is 10.9. The summed E-state index contributed by atoms with van der Waals surface area (Å²) >= 11 is 0. The Hall–Kier alpha value is -2.44. The number of benzene rings is 1. The van der Waals surface area contributed by atoms with Crippen molar-refractivity contribution in [2.75, 3.05) is 34.5 Å². The SMILES string of the molecule is CCOC(=O)C(C)C(=O)OCC.COc1cccc(OC)c1OC. The summed E-state index contributed by atoms with van der Waals surface area (Å²) in [6.07, 6.45) is 0. The molecular formula is C17H26O7. The second kappa shape index (κ2) is 12.0. The molecule has 1 rings (SSSR count).